The lowest BCUT2D eigenvalue weighted by Crippen LogP contribution is -2.22. The van der Waals surface area contributed by atoms with Crippen LogP contribution < -0.4 is 0 Å². The Labute approximate surface area is 109 Å². The van der Waals surface area contributed by atoms with Gasteiger partial charge in [-0.05, 0) is 54.9 Å². The van der Waals surface area contributed by atoms with Gasteiger partial charge in [-0.15, -0.1) is 0 Å². The molecule has 1 saturated carbocycles. The first kappa shape index (κ1) is 10.6. The van der Waals surface area contributed by atoms with Crippen LogP contribution >= 0.6 is 0 Å². The maximum Gasteiger partial charge on any atom is 0.0214 e. The van der Waals surface area contributed by atoms with Crippen molar-refractivity contribution in [1.29, 1.82) is 0 Å². The van der Waals surface area contributed by atoms with Crippen molar-refractivity contribution in [2.75, 3.05) is 0 Å². The summed E-state index contributed by atoms with van der Waals surface area (Å²) in [5.74, 6) is 0. The molecule has 1 aromatic rings. The predicted octanol–water partition coefficient (Wildman–Crippen LogP) is 5.01. The van der Waals surface area contributed by atoms with Gasteiger partial charge in [0.15, 0.2) is 0 Å². The third-order valence-electron chi connectivity index (χ3n) is 5.23. The largest absolute Gasteiger partial charge is 0.0760 e. The Morgan fingerprint density at radius 3 is 2.67 bits per heavy atom. The topological polar surface area (TPSA) is 0 Å². The smallest absolute Gasteiger partial charge is 0.0214 e. The fraction of sp³-hybridized carbons (Fsp3) is 0.444. The van der Waals surface area contributed by atoms with Gasteiger partial charge in [0.05, 0.1) is 0 Å². The summed E-state index contributed by atoms with van der Waals surface area (Å²) in [4.78, 5) is 0. The van der Waals surface area contributed by atoms with E-state index in [1.54, 1.807) is 22.3 Å². The van der Waals surface area contributed by atoms with E-state index in [1.165, 1.54) is 44.1 Å². The molecule has 0 unspecified atom stereocenters. The zero-order valence-electron chi connectivity index (χ0n) is 11.1. The molecule has 0 heterocycles. The average molecular weight is 236 g/mol. The maximum absolute atomic E-state index is 2.49. The van der Waals surface area contributed by atoms with Crippen molar-refractivity contribution in [3.05, 3.63) is 52.6 Å². The van der Waals surface area contributed by atoms with Gasteiger partial charge in [-0.2, -0.15) is 0 Å². The van der Waals surface area contributed by atoms with Crippen molar-refractivity contribution >= 4 is 5.57 Å². The fourth-order valence-electron chi connectivity index (χ4n) is 4.57. The number of rotatable bonds is 0. The molecule has 0 N–H and O–H groups in total. The maximum atomic E-state index is 2.49. The Bertz CT molecular complexity index is 565. The summed E-state index contributed by atoms with van der Waals surface area (Å²) in [6, 6.07) is 9.16. The number of benzene rings is 1. The standard InChI is InChI=1S/C18H20/c1-13-7-6-9-15-14-8-2-3-10-16(14)18(17(13)15)11-4-5-12-18/h2-3,8-10H,4-7,11-12H2,1H3. The van der Waals surface area contributed by atoms with E-state index in [2.05, 4.69) is 37.3 Å². The molecule has 1 spiro atoms. The molecule has 18 heavy (non-hydrogen) atoms. The Morgan fingerprint density at radius 2 is 1.83 bits per heavy atom. The van der Waals surface area contributed by atoms with Gasteiger partial charge in [0.2, 0.25) is 0 Å². The monoisotopic (exact) mass is 236 g/mol. The highest BCUT2D eigenvalue weighted by Crippen LogP contribution is 2.59. The van der Waals surface area contributed by atoms with Crippen LogP contribution in [0.2, 0.25) is 0 Å². The van der Waals surface area contributed by atoms with Gasteiger partial charge in [-0.25, -0.2) is 0 Å². The average Bonchev–Trinajstić information content (AvgIpc) is 2.98. The second-order valence-electron chi connectivity index (χ2n) is 6.15. The summed E-state index contributed by atoms with van der Waals surface area (Å²) in [6.07, 6.45) is 10.5. The van der Waals surface area contributed by atoms with Gasteiger partial charge in [0.25, 0.3) is 0 Å². The summed E-state index contributed by atoms with van der Waals surface area (Å²) in [5.41, 5.74) is 8.51. The highest BCUT2D eigenvalue weighted by Gasteiger charge is 2.47. The number of hydrogen-bond donors (Lipinski definition) is 0. The van der Waals surface area contributed by atoms with Crippen molar-refractivity contribution in [1.82, 2.24) is 0 Å². The van der Waals surface area contributed by atoms with Crippen molar-refractivity contribution < 1.29 is 0 Å². The summed E-state index contributed by atoms with van der Waals surface area (Å²) < 4.78 is 0. The van der Waals surface area contributed by atoms with E-state index in [4.69, 9.17) is 0 Å². The number of fused-ring (bicyclic) bond motifs is 5. The van der Waals surface area contributed by atoms with Crippen LogP contribution in [-0.4, -0.2) is 0 Å². The Morgan fingerprint density at radius 1 is 1.06 bits per heavy atom. The molecule has 1 aromatic carbocycles. The van der Waals surface area contributed by atoms with E-state index in [0.29, 0.717) is 5.41 Å². The molecular weight excluding hydrogens is 216 g/mol. The van der Waals surface area contributed by atoms with E-state index in [0.717, 1.165) is 0 Å². The summed E-state index contributed by atoms with van der Waals surface area (Å²) in [7, 11) is 0. The highest BCUT2D eigenvalue weighted by atomic mass is 14.5. The van der Waals surface area contributed by atoms with Crippen molar-refractivity contribution in [3.63, 3.8) is 0 Å². The lowest BCUT2D eigenvalue weighted by atomic mass is 9.73. The molecule has 0 aliphatic heterocycles. The zero-order chi connectivity index (χ0) is 12.2. The molecule has 4 rings (SSSR count). The third-order valence-corrected chi connectivity index (χ3v) is 5.23. The molecule has 3 aliphatic carbocycles. The van der Waals surface area contributed by atoms with E-state index in [-0.39, 0.29) is 0 Å². The molecule has 0 nitrogen and oxygen atoms in total. The Kier molecular flexibility index (Phi) is 2.12. The molecule has 0 aromatic heterocycles. The van der Waals surface area contributed by atoms with Crippen LogP contribution in [-0.2, 0) is 5.41 Å². The summed E-state index contributed by atoms with van der Waals surface area (Å²) in [5, 5.41) is 0. The molecule has 0 amide bonds. The lowest BCUT2D eigenvalue weighted by Gasteiger charge is -2.30. The van der Waals surface area contributed by atoms with Crippen LogP contribution in [0, 0.1) is 0 Å². The van der Waals surface area contributed by atoms with Gasteiger partial charge >= 0.3 is 0 Å². The van der Waals surface area contributed by atoms with E-state index >= 15 is 0 Å². The van der Waals surface area contributed by atoms with Crippen LogP contribution in [0.25, 0.3) is 5.57 Å². The van der Waals surface area contributed by atoms with Crippen LogP contribution in [0.1, 0.15) is 56.6 Å². The lowest BCUT2D eigenvalue weighted by molar-refractivity contribution is 0.541. The first-order chi connectivity index (χ1) is 8.83. The number of hydrogen-bond acceptors (Lipinski definition) is 0. The van der Waals surface area contributed by atoms with Gasteiger partial charge in [0, 0.05) is 5.41 Å². The van der Waals surface area contributed by atoms with Crippen molar-refractivity contribution in [2.45, 2.75) is 50.9 Å². The SMILES string of the molecule is CC1=C2C(=CCC1)c1ccccc1C21CCCC1. The molecule has 92 valence electrons. The number of allylic oxidation sites excluding steroid dienone is 4. The molecule has 0 heteroatoms. The van der Waals surface area contributed by atoms with Crippen LogP contribution in [0.4, 0.5) is 0 Å². The minimum atomic E-state index is 0.396. The van der Waals surface area contributed by atoms with Crippen LogP contribution in [0.15, 0.2) is 41.5 Å². The second kappa shape index (κ2) is 3.60. The first-order valence-electron chi connectivity index (χ1n) is 7.33. The highest BCUT2D eigenvalue weighted by molar-refractivity contribution is 5.91. The van der Waals surface area contributed by atoms with Gasteiger partial charge in [-0.1, -0.05) is 48.8 Å². The Balaban J connectivity index is 2.05. The van der Waals surface area contributed by atoms with E-state index < -0.39 is 0 Å². The van der Waals surface area contributed by atoms with Gasteiger partial charge in [0.1, 0.15) is 0 Å². The van der Waals surface area contributed by atoms with Crippen LogP contribution in [0.5, 0.6) is 0 Å². The minimum absolute atomic E-state index is 0.396. The quantitative estimate of drug-likeness (QED) is 0.594. The zero-order valence-corrected chi connectivity index (χ0v) is 11.1. The predicted molar refractivity (Wildman–Crippen MR) is 76.5 cm³/mol. The molecule has 0 bridgehead atoms. The molecule has 3 aliphatic rings. The minimum Gasteiger partial charge on any atom is -0.0760 e. The molecular formula is C18H20. The molecule has 1 fully saturated rings. The molecule has 0 radical (unpaired) electrons. The van der Waals surface area contributed by atoms with Crippen molar-refractivity contribution in [2.24, 2.45) is 0 Å². The normalized spacial score (nSPS) is 24.2. The van der Waals surface area contributed by atoms with E-state index in [1.807, 2.05) is 0 Å². The Hall–Kier alpha value is -1.30. The third kappa shape index (κ3) is 1.16. The second-order valence-corrected chi connectivity index (χ2v) is 6.15. The van der Waals surface area contributed by atoms with Gasteiger partial charge in [-0.3, -0.25) is 0 Å². The first-order valence-corrected chi connectivity index (χ1v) is 7.33. The van der Waals surface area contributed by atoms with Crippen molar-refractivity contribution in [3.8, 4) is 0 Å². The summed E-state index contributed by atoms with van der Waals surface area (Å²) in [6.45, 7) is 2.37. The fourth-order valence-corrected chi connectivity index (χ4v) is 4.57. The van der Waals surface area contributed by atoms with Gasteiger partial charge < -0.3 is 0 Å². The van der Waals surface area contributed by atoms with E-state index in [9.17, 15) is 0 Å². The molecule has 0 atom stereocenters. The molecule has 0 saturated heterocycles. The summed E-state index contributed by atoms with van der Waals surface area (Å²) >= 11 is 0. The van der Waals surface area contributed by atoms with Crippen LogP contribution in [0.3, 0.4) is 0 Å².